The van der Waals surface area contributed by atoms with Crippen LogP contribution in [0.3, 0.4) is 0 Å². The van der Waals surface area contributed by atoms with Gasteiger partial charge in [-0.15, -0.1) is 0 Å². The molecule has 3 unspecified atom stereocenters. The monoisotopic (exact) mass is 203 g/mol. The van der Waals surface area contributed by atoms with Gasteiger partial charge < -0.3 is 5.11 Å². The summed E-state index contributed by atoms with van der Waals surface area (Å²) in [6.07, 6.45) is 6.96. The van der Waals surface area contributed by atoms with E-state index in [1.165, 1.54) is 0 Å². The SMILES string of the molecule is O=C(O)C1CCC2CC21c1ccn[c]n1. The lowest BCUT2D eigenvalue weighted by Gasteiger charge is -2.18. The van der Waals surface area contributed by atoms with Crippen LogP contribution in [0.4, 0.5) is 0 Å². The summed E-state index contributed by atoms with van der Waals surface area (Å²) in [5.74, 6) is -0.429. The van der Waals surface area contributed by atoms with Crippen molar-refractivity contribution in [1.82, 2.24) is 9.97 Å². The molecule has 0 amide bonds. The standard InChI is InChI=1S/C11H11N2O2/c14-10(15)8-2-1-7-5-11(7,8)9-3-4-12-6-13-9/h3-4,7-8H,1-2,5H2,(H,14,15). The number of carbonyl (C=O) groups is 1. The average molecular weight is 203 g/mol. The van der Waals surface area contributed by atoms with Gasteiger partial charge in [0.1, 0.15) is 0 Å². The third-order valence-electron chi connectivity index (χ3n) is 3.89. The van der Waals surface area contributed by atoms with Gasteiger partial charge in [-0.1, -0.05) is 0 Å². The van der Waals surface area contributed by atoms with Gasteiger partial charge in [0.15, 0.2) is 6.33 Å². The minimum Gasteiger partial charge on any atom is -0.481 e. The maximum absolute atomic E-state index is 11.2. The molecule has 0 saturated heterocycles. The summed E-state index contributed by atoms with van der Waals surface area (Å²) >= 11 is 0. The van der Waals surface area contributed by atoms with Crippen LogP contribution in [-0.2, 0) is 10.2 Å². The summed E-state index contributed by atoms with van der Waals surface area (Å²) in [6.45, 7) is 0. The Morgan fingerprint density at radius 3 is 3.07 bits per heavy atom. The summed E-state index contributed by atoms with van der Waals surface area (Å²) in [5, 5.41) is 9.18. The molecule has 3 atom stereocenters. The lowest BCUT2D eigenvalue weighted by Crippen LogP contribution is -2.26. The Hall–Kier alpha value is -1.45. The molecule has 0 aliphatic heterocycles. The van der Waals surface area contributed by atoms with E-state index < -0.39 is 5.97 Å². The Balaban J connectivity index is 2.02. The van der Waals surface area contributed by atoms with Crippen LogP contribution in [0, 0.1) is 18.2 Å². The van der Waals surface area contributed by atoms with E-state index in [9.17, 15) is 9.90 Å². The van der Waals surface area contributed by atoms with Crippen molar-refractivity contribution in [2.24, 2.45) is 11.8 Å². The fourth-order valence-electron chi connectivity index (χ4n) is 3.12. The Labute approximate surface area is 87.4 Å². The average Bonchev–Trinajstić information content (AvgIpc) is 2.86. The highest BCUT2D eigenvalue weighted by molar-refractivity contribution is 5.74. The van der Waals surface area contributed by atoms with Gasteiger partial charge in [0.25, 0.3) is 0 Å². The number of rotatable bonds is 2. The molecule has 4 heteroatoms. The molecule has 2 aliphatic carbocycles. The van der Waals surface area contributed by atoms with E-state index in [1.54, 1.807) is 6.20 Å². The smallest absolute Gasteiger partial charge is 0.307 e. The van der Waals surface area contributed by atoms with Crippen LogP contribution >= 0.6 is 0 Å². The fraction of sp³-hybridized carbons (Fsp3) is 0.545. The van der Waals surface area contributed by atoms with Crippen LogP contribution in [0.25, 0.3) is 0 Å². The molecule has 1 aromatic heterocycles. The molecule has 0 bridgehead atoms. The number of hydrogen-bond acceptors (Lipinski definition) is 3. The molecule has 1 aromatic rings. The van der Waals surface area contributed by atoms with Crippen molar-refractivity contribution in [2.75, 3.05) is 0 Å². The van der Waals surface area contributed by atoms with Crippen molar-refractivity contribution in [2.45, 2.75) is 24.7 Å². The molecule has 15 heavy (non-hydrogen) atoms. The molecule has 2 saturated carbocycles. The van der Waals surface area contributed by atoms with E-state index in [2.05, 4.69) is 16.3 Å². The number of carboxylic acids is 1. The van der Waals surface area contributed by atoms with Crippen LogP contribution < -0.4 is 0 Å². The van der Waals surface area contributed by atoms with Gasteiger partial charge in [-0.2, -0.15) is 0 Å². The third-order valence-corrected chi connectivity index (χ3v) is 3.89. The lowest BCUT2D eigenvalue weighted by atomic mass is 9.87. The molecule has 1 N–H and O–H groups in total. The summed E-state index contributed by atoms with van der Waals surface area (Å²) in [7, 11) is 0. The van der Waals surface area contributed by atoms with Crippen LogP contribution in [0.5, 0.6) is 0 Å². The highest BCUT2D eigenvalue weighted by Crippen LogP contribution is 2.66. The molecule has 77 valence electrons. The minimum atomic E-state index is -0.686. The molecule has 1 radical (unpaired) electrons. The van der Waals surface area contributed by atoms with E-state index in [1.807, 2.05) is 6.07 Å². The zero-order valence-electron chi connectivity index (χ0n) is 8.18. The van der Waals surface area contributed by atoms with Crippen molar-refractivity contribution in [1.29, 1.82) is 0 Å². The maximum atomic E-state index is 11.2. The molecule has 1 heterocycles. The highest BCUT2D eigenvalue weighted by atomic mass is 16.4. The highest BCUT2D eigenvalue weighted by Gasteiger charge is 2.66. The van der Waals surface area contributed by atoms with Crippen LogP contribution in [0.2, 0.25) is 0 Å². The molecule has 4 nitrogen and oxygen atoms in total. The summed E-state index contributed by atoms with van der Waals surface area (Å²) in [4.78, 5) is 19.0. The number of nitrogens with zero attached hydrogens (tertiary/aromatic N) is 2. The lowest BCUT2D eigenvalue weighted by molar-refractivity contribution is -0.142. The Bertz CT molecular complexity index is 406. The van der Waals surface area contributed by atoms with E-state index in [0.29, 0.717) is 5.92 Å². The second-order valence-corrected chi connectivity index (χ2v) is 4.45. The van der Waals surface area contributed by atoms with Gasteiger partial charge in [-0.25, -0.2) is 9.97 Å². The van der Waals surface area contributed by atoms with Crippen LogP contribution in [0.1, 0.15) is 25.0 Å². The van der Waals surface area contributed by atoms with Crippen molar-refractivity contribution in [3.05, 3.63) is 24.3 Å². The third kappa shape index (κ3) is 1.05. The first kappa shape index (κ1) is 8.83. The Morgan fingerprint density at radius 2 is 2.47 bits per heavy atom. The first-order chi connectivity index (χ1) is 7.25. The second-order valence-electron chi connectivity index (χ2n) is 4.45. The van der Waals surface area contributed by atoms with Gasteiger partial charge in [0, 0.05) is 11.6 Å². The first-order valence-electron chi connectivity index (χ1n) is 5.17. The number of aliphatic carboxylic acids is 1. The normalized spacial score (nSPS) is 37.3. The van der Waals surface area contributed by atoms with Gasteiger partial charge in [0.05, 0.1) is 11.6 Å². The van der Waals surface area contributed by atoms with Crippen molar-refractivity contribution in [3.8, 4) is 0 Å². The van der Waals surface area contributed by atoms with E-state index in [-0.39, 0.29) is 11.3 Å². The topological polar surface area (TPSA) is 63.1 Å². The van der Waals surface area contributed by atoms with Gasteiger partial charge in [-0.05, 0) is 31.2 Å². The van der Waals surface area contributed by atoms with E-state index in [0.717, 1.165) is 25.0 Å². The van der Waals surface area contributed by atoms with E-state index in [4.69, 9.17) is 0 Å². The second kappa shape index (κ2) is 2.78. The Kier molecular flexibility index (Phi) is 1.63. The zero-order valence-corrected chi connectivity index (χ0v) is 8.18. The fourth-order valence-corrected chi connectivity index (χ4v) is 3.12. The summed E-state index contributed by atoms with van der Waals surface area (Å²) in [6, 6.07) is 1.83. The summed E-state index contributed by atoms with van der Waals surface area (Å²) in [5.41, 5.74) is 0.679. The largest absolute Gasteiger partial charge is 0.481 e. The molecular formula is C11H11N2O2. The van der Waals surface area contributed by atoms with Crippen LogP contribution in [0.15, 0.2) is 12.3 Å². The van der Waals surface area contributed by atoms with Gasteiger partial charge in [-0.3, -0.25) is 4.79 Å². The first-order valence-corrected chi connectivity index (χ1v) is 5.17. The number of aromatic nitrogens is 2. The predicted molar refractivity (Wildman–Crippen MR) is 51.0 cm³/mol. The zero-order chi connectivity index (χ0) is 10.5. The quantitative estimate of drug-likeness (QED) is 0.779. The predicted octanol–water partition coefficient (Wildman–Crippen LogP) is 1.03. The van der Waals surface area contributed by atoms with Crippen molar-refractivity contribution >= 4 is 5.97 Å². The summed E-state index contributed by atoms with van der Waals surface area (Å²) < 4.78 is 0. The van der Waals surface area contributed by atoms with Crippen molar-refractivity contribution in [3.63, 3.8) is 0 Å². The van der Waals surface area contributed by atoms with Crippen molar-refractivity contribution < 1.29 is 9.90 Å². The molecule has 2 aliphatic rings. The molecule has 3 rings (SSSR count). The molecule has 0 aromatic carbocycles. The maximum Gasteiger partial charge on any atom is 0.307 e. The molecular weight excluding hydrogens is 192 g/mol. The van der Waals surface area contributed by atoms with E-state index >= 15 is 0 Å². The Morgan fingerprint density at radius 1 is 1.60 bits per heavy atom. The van der Waals surface area contributed by atoms with Crippen LogP contribution in [-0.4, -0.2) is 21.0 Å². The number of fused-ring (bicyclic) bond motifs is 1. The van der Waals surface area contributed by atoms with Gasteiger partial charge in [0.2, 0.25) is 0 Å². The van der Waals surface area contributed by atoms with Gasteiger partial charge >= 0.3 is 5.97 Å². The number of carboxylic acid groups (broad SMARTS) is 1. The minimum absolute atomic E-state index is 0.189. The molecule has 0 spiro atoms. The molecule has 2 fully saturated rings. The number of hydrogen-bond donors (Lipinski definition) is 1.